The first-order valence-electron chi connectivity index (χ1n) is 25.8. The summed E-state index contributed by atoms with van der Waals surface area (Å²) in [4.78, 5) is 43.9. The molecule has 2 atom stereocenters. The van der Waals surface area contributed by atoms with Crippen molar-refractivity contribution in [1.29, 1.82) is 0 Å². The molecule has 0 amide bonds. The van der Waals surface area contributed by atoms with E-state index in [0.29, 0.717) is 81.9 Å². The minimum Gasteiger partial charge on any atom is -0.480 e. The first kappa shape index (κ1) is 56.5. The normalized spacial score (nSPS) is 14.3. The zero-order chi connectivity index (χ0) is 56.7. The predicted octanol–water partition coefficient (Wildman–Crippen LogP) is 10.6. The molecule has 2 unspecified atom stereocenters. The van der Waals surface area contributed by atoms with Gasteiger partial charge in [0.1, 0.15) is 35.4 Å². The van der Waals surface area contributed by atoms with Crippen molar-refractivity contribution < 1.29 is 45.7 Å². The van der Waals surface area contributed by atoms with E-state index >= 15 is 0 Å². The van der Waals surface area contributed by atoms with Crippen LogP contribution >= 0.6 is 0 Å². The van der Waals surface area contributed by atoms with Crippen molar-refractivity contribution in [2.45, 2.75) is 96.3 Å². The number of aliphatic hydroxyl groups is 1. The maximum Gasteiger partial charge on any atom is 0.434 e. The molecule has 82 heavy (non-hydrogen) atoms. The molecule has 0 spiro atoms. The van der Waals surface area contributed by atoms with Gasteiger partial charge >= 0.3 is 12.4 Å². The second-order valence-electron chi connectivity index (χ2n) is 19.8. The summed E-state index contributed by atoms with van der Waals surface area (Å²) in [5.41, 5.74) is 5.22. The summed E-state index contributed by atoms with van der Waals surface area (Å²) in [5, 5.41) is 20.1. The SMILES string of the molecule is C.COCC(C)n1cc(C(F)(F)F)nc1-c1ccc(Cn2ncc3cnc(-c4c(OC)ncnc4C4CC4)nc32)cc1.COc1ncnc(C2CC2)c1-c1ncc2cnn(Cc3ccc(-c4nc(C(F)(F)F)cn4C(C)CO)cc3)c2n1. The lowest BCUT2D eigenvalue weighted by molar-refractivity contribution is -0.141. The molecule has 20 nitrogen and oxygen atoms in total. The van der Waals surface area contributed by atoms with Gasteiger partial charge in [0, 0.05) is 54.9 Å². The highest BCUT2D eigenvalue weighted by Crippen LogP contribution is 2.46. The molecule has 0 bridgehead atoms. The Morgan fingerprint density at radius 3 is 1.34 bits per heavy atom. The molecular formula is C56H56F6N16O4. The van der Waals surface area contributed by atoms with Gasteiger partial charge in [-0.3, -0.25) is 0 Å². The minimum absolute atomic E-state index is 0. The number of halogens is 6. The number of alkyl halides is 6. The summed E-state index contributed by atoms with van der Waals surface area (Å²) < 4.78 is 103. The Bertz CT molecular complexity index is 3870. The third-order valence-corrected chi connectivity index (χ3v) is 14.0. The zero-order valence-electron chi connectivity index (χ0n) is 44.3. The second-order valence-corrected chi connectivity index (χ2v) is 19.8. The zero-order valence-corrected chi connectivity index (χ0v) is 44.3. The average molecular weight is 1130 g/mol. The van der Waals surface area contributed by atoms with Crippen LogP contribution in [0.1, 0.15) is 105 Å². The van der Waals surface area contributed by atoms with Gasteiger partial charge in [0.2, 0.25) is 11.8 Å². The largest absolute Gasteiger partial charge is 0.480 e. The molecule has 0 aliphatic heterocycles. The number of ether oxygens (including phenoxy) is 3. The summed E-state index contributed by atoms with van der Waals surface area (Å²) in [5.74, 6) is 2.78. The number of benzene rings is 2. The molecule has 0 saturated heterocycles. The van der Waals surface area contributed by atoms with Crippen LogP contribution in [-0.4, -0.2) is 118 Å². The van der Waals surface area contributed by atoms with Gasteiger partial charge in [0.05, 0.1) is 87.2 Å². The lowest BCUT2D eigenvalue weighted by Crippen LogP contribution is -2.12. The van der Waals surface area contributed by atoms with E-state index in [-0.39, 0.29) is 38.3 Å². The molecule has 8 aromatic heterocycles. The van der Waals surface area contributed by atoms with Crippen molar-refractivity contribution in [3.05, 3.63) is 132 Å². The standard InChI is InChI=1S/C28H27F3N8O2.C27H25F3N8O2.CH4/c1-16(14-40-2)38-13-21(28(29,30)31)36-25(38)19-6-4-17(5-7-19)12-39-26-20(11-35-39)10-32-24(37-26)22-23(18-8-9-18)33-15-34-27(22)41-3;1-15(13-39)37-12-20(27(28,29)30)35-24(37)18-5-3-16(4-6-18)11-38-25-19(10-34-38)9-31-23(36-25)21-22(17-7-8-17)32-14-33-26(21)40-2;/h4-7,10-11,13,15-16,18H,8-9,12,14H2,1-3H3;3-6,9-10,12,14-15,17,39H,7-8,11,13H2,1-2H3;1H4. The molecule has 1 N–H and O–H groups in total. The fourth-order valence-electron chi connectivity index (χ4n) is 9.47. The topological polar surface area (TPSA) is 222 Å². The fraction of sp³-hybridized carbons (Fsp3) is 0.357. The Kier molecular flexibility index (Phi) is 15.8. The number of rotatable bonds is 17. The first-order valence-corrected chi connectivity index (χ1v) is 25.8. The Balaban J connectivity index is 0.000000181. The van der Waals surface area contributed by atoms with Crippen LogP contribution in [0, 0.1) is 0 Å². The van der Waals surface area contributed by atoms with Gasteiger partial charge in [0.25, 0.3) is 0 Å². The van der Waals surface area contributed by atoms with Crippen molar-refractivity contribution in [1.82, 2.24) is 78.5 Å². The van der Waals surface area contributed by atoms with E-state index in [9.17, 15) is 31.4 Å². The van der Waals surface area contributed by atoms with Crippen molar-refractivity contribution in [3.8, 4) is 57.3 Å². The Labute approximate surface area is 465 Å². The molecule has 2 aliphatic carbocycles. The number of hydrogen-bond donors (Lipinski definition) is 1. The van der Waals surface area contributed by atoms with Crippen LogP contribution in [0.4, 0.5) is 26.3 Å². The lowest BCUT2D eigenvalue weighted by Gasteiger charge is -2.15. The van der Waals surface area contributed by atoms with Gasteiger partial charge in [-0.1, -0.05) is 56.0 Å². The highest BCUT2D eigenvalue weighted by atomic mass is 19.4. The molecule has 2 fully saturated rings. The summed E-state index contributed by atoms with van der Waals surface area (Å²) in [7, 11) is 4.62. The van der Waals surface area contributed by atoms with Crippen LogP contribution in [0.3, 0.4) is 0 Å². The minimum atomic E-state index is -4.59. The van der Waals surface area contributed by atoms with Crippen LogP contribution < -0.4 is 9.47 Å². The number of imidazole rings is 2. The predicted molar refractivity (Wildman–Crippen MR) is 288 cm³/mol. The van der Waals surface area contributed by atoms with Crippen LogP contribution in [0.2, 0.25) is 0 Å². The number of methoxy groups -OCH3 is 3. The molecule has 2 aliphatic rings. The molecule has 26 heteroatoms. The van der Waals surface area contributed by atoms with Crippen molar-refractivity contribution in [2.24, 2.45) is 0 Å². The second kappa shape index (κ2) is 23.0. The third-order valence-electron chi connectivity index (χ3n) is 14.0. The monoisotopic (exact) mass is 1130 g/mol. The Hall–Kier alpha value is -8.78. The molecule has 0 radical (unpaired) electrons. The van der Waals surface area contributed by atoms with Gasteiger partial charge in [0.15, 0.2) is 34.3 Å². The van der Waals surface area contributed by atoms with Gasteiger partial charge in [-0.15, -0.1) is 0 Å². The van der Waals surface area contributed by atoms with Gasteiger partial charge < -0.3 is 28.5 Å². The average Bonchev–Trinajstić information content (AvgIpc) is 4.32. The summed E-state index contributed by atoms with van der Waals surface area (Å²) >= 11 is 0. The number of fused-ring (bicyclic) bond motifs is 2. The quantitative estimate of drug-likeness (QED) is 0.0837. The molecule has 10 aromatic rings. The van der Waals surface area contributed by atoms with Crippen molar-refractivity contribution in [2.75, 3.05) is 34.5 Å². The maximum absolute atomic E-state index is 13.5. The Morgan fingerprint density at radius 2 is 0.976 bits per heavy atom. The summed E-state index contributed by atoms with van der Waals surface area (Å²) in [6, 6.07) is 13.3. The van der Waals surface area contributed by atoms with E-state index in [1.807, 2.05) is 12.1 Å². The smallest absolute Gasteiger partial charge is 0.434 e. The molecule has 426 valence electrons. The van der Waals surface area contributed by atoms with E-state index in [1.165, 1.54) is 28.9 Å². The van der Waals surface area contributed by atoms with E-state index < -0.39 is 29.8 Å². The van der Waals surface area contributed by atoms with Crippen LogP contribution in [0.15, 0.2) is 98.4 Å². The maximum atomic E-state index is 13.5. The van der Waals surface area contributed by atoms with E-state index in [4.69, 9.17) is 24.2 Å². The highest BCUT2D eigenvalue weighted by Gasteiger charge is 2.38. The lowest BCUT2D eigenvalue weighted by atomic mass is 10.1. The van der Waals surface area contributed by atoms with Crippen LogP contribution in [-0.2, 0) is 30.2 Å². The van der Waals surface area contributed by atoms with Crippen LogP contribution in [0.5, 0.6) is 11.8 Å². The fourth-order valence-corrected chi connectivity index (χ4v) is 9.47. The molecule has 12 rings (SSSR count). The number of aromatic nitrogens is 16. The van der Waals surface area contributed by atoms with Gasteiger partial charge in [-0.25, -0.2) is 59.2 Å². The molecule has 8 heterocycles. The number of nitrogens with zero attached hydrogens (tertiary/aromatic N) is 16. The summed E-state index contributed by atoms with van der Waals surface area (Å²) in [6.07, 6.45) is 6.77. The summed E-state index contributed by atoms with van der Waals surface area (Å²) in [6.45, 7) is 4.10. The van der Waals surface area contributed by atoms with E-state index in [1.54, 1.807) is 98.6 Å². The molecule has 2 saturated carbocycles. The van der Waals surface area contributed by atoms with E-state index in [0.717, 1.165) is 71.4 Å². The van der Waals surface area contributed by atoms with Crippen molar-refractivity contribution >= 4 is 22.1 Å². The first-order chi connectivity index (χ1) is 39.0. The molecular weight excluding hydrogens is 1070 g/mol. The van der Waals surface area contributed by atoms with Gasteiger partial charge in [-0.2, -0.15) is 36.5 Å². The van der Waals surface area contributed by atoms with E-state index in [2.05, 4.69) is 50.1 Å². The highest BCUT2D eigenvalue weighted by molar-refractivity contribution is 5.79. The van der Waals surface area contributed by atoms with Gasteiger partial charge in [-0.05, 0) is 50.7 Å². The van der Waals surface area contributed by atoms with Crippen LogP contribution in [0.25, 0.3) is 67.6 Å². The molecule has 2 aromatic carbocycles. The third kappa shape index (κ3) is 11.6. The Morgan fingerprint density at radius 1 is 0.561 bits per heavy atom. The number of aliphatic hydroxyl groups excluding tert-OH is 1. The van der Waals surface area contributed by atoms with Crippen molar-refractivity contribution in [3.63, 3.8) is 0 Å². The number of hydrogen-bond acceptors (Lipinski definition) is 16.